The lowest BCUT2D eigenvalue weighted by Crippen LogP contribution is -2.04. The Labute approximate surface area is 116 Å². The van der Waals surface area contributed by atoms with E-state index in [1.54, 1.807) is 35.1 Å². The van der Waals surface area contributed by atoms with E-state index in [1.807, 2.05) is 0 Å². The minimum absolute atomic E-state index is 0.0623. The van der Waals surface area contributed by atoms with Gasteiger partial charge in [-0.15, -0.1) is 11.3 Å². The van der Waals surface area contributed by atoms with E-state index in [4.69, 9.17) is 0 Å². The maximum atomic E-state index is 12.5. The number of carbonyl (C=O) groups excluding carboxylic acids is 1. The van der Waals surface area contributed by atoms with Crippen LogP contribution in [-0.2, 0) is 0 Å². The predicted octanol–water partition coefficient (Wildman–Crippen LogP) is 3.48. The van der Waals surface area contributed by atoms with E-state index in [2.05, 4.69) is 9.84 Å². The van der Waals surface area contributed by atoms with E-state index in [0.717, 1.165) is 0 Å². The molecule has 0 amide bonds. The average Bonchev–Trinajstić information content (AvgIpc) is 3.04. The molecule has 0 saturated heterocycles. The smallest absolute Gasteiger partial charge is 0.387 e. The molecule has 0 aromatic carbocycles. The van der Waals surface area contributed by atoms with Gasteiger partial charge in [-0.2, -0.15) is 13.9 Å². The first kappa shape index (κ1) is 12.7. The van der Waals surface area contributed by atoms with Crippen molar-refractivity contribution in [1.82, 2.24) is 9.61 Å². The van der Waals surface area contributed by atoms with Crippen molar-refractivity contribution in [1.29, 1.82) is 0 Å². The van der Waals surface area contributed by atoms with Crippen LogP contribution < -0.4 is 4.74 Å². The fourth-order valence-corrected chi connectivity index (χ4v) is 2.72. The second kappa shape index (κ2) is 5.01. The molecular formula is C13H8F2N2O2S. The fourth-order valence-electron chi connectivity index (χ4n) is 1.88. The van der Waals surface area contributed by atoms with Crippen LogP contribution in [0.1, 0.15) is 9.67 Å². The summed E-state index contributed by atoms with van der Waals surface area (Å²) in [5.74, 6) is 0.0623. The highest BCUT2D eigenvalue weighted by Gasteiger charge is 2.15. The summed E-state index contributed by atoms with van der Waals surface area (Å²) in [7, 11) is 0. The lowest BCUT2D eigenvalue weighted by Gasteiger charge is -2.10. The highest BCUT2D eigenvalue weighted by atomic mass is 32.1. The molecule has 0 unspecified atom stereocenters. The van der Waals surface area contributed by atoms with Crippen LogP contribution in [0.4, 0.5) is 8.78 Å². The molecule has 102 valence electrons. The van der Waals surface area contributed by atoms with Crippen molar-refractivity contribution in [2.24, 2.45) is 0 Å². The lowest BCUT2D eigenvalue weighted by atomic mass is 10.2. The van der Waals surface area contributed by atoms with Crippen LogP contribution in [0, 0.1) is 0 Å². The van der Waals surface area contributed by atoms with Gasteiger partial charge in [0, 0.05) is 23.3 Å². The Morgan fingerprint density at radius 1 is 1.35 bits per heavy atom. The van der Waals surface area contributed by atoms with Gasteiger partial charge in [0.25, 0.3) is 0 Å². The van der Waals surface area contributed by atoms with Gasteiger partial charge in [-0.3, -0.25) is 4.79 Å². The number of hydrogen-bond acceptors (Lipinski definition) is 4. The standard InChI is InChI=1S/C13H8F2N2O2S/c14-13(15)19-11-5-8-3-4-16-17(8)6-10(11)12-2-1-9(7-18)20-12/h1-7,13H. The lowest BCUT2D eigenvalue weighted by molar-refractivity contribution is -0.0494. The molecule has 0 aliphatic rings. The molecule has 3 rings (SSSR count). The first-order valence-electron chi connectivity index (χ1n) is 5.65. The largest absolute Gasteiger partial charge is 0.434 e. The van der Waals surface area contributed by atoms with Crippen LogP contribution in [0.25, 0.3) is 16.0 Å². The van der Waals surface area contributed by atoms with Crippen LogP contribution in [0.5, 0.6) is 5.75 Å². The van der Waals surface area contributed by atoms with Crippen molar-refractivity contribution >= 4 is 23.1 Å². The Bertz CT molecular complexity index is 767. The molecule has 0 aliphatic heterocycles. The van der Waals surface area contributed by atoms with E-state index in [0.29, 0.717) is 27.1 Å². The molecule has 3 aromatic rings. The SMILES string of the molecule is O=Cc1ccc(-c2cn3nccc3cc2OC(F)F)s1. The van der Waals surface area contributed by atoms with Crippen molar-refractivity contribution in [3.63, 3.8) is 0 Å². The molecule has 3 heterocycles. The van der Waals surface area contributed by atoms with Gasteiger partial charge in [-0.05, 0) is 18.2 Å². The Morgan fingerprint density at radius 3 is 2.90 bits per heavy atom. The minimum Gasteiger partial charge on any atom is -0.434 e. The maximum absolute atomic E-state index is 12.5. The van der Waals surface area contributed by atoms with Gasteiger partial charge in [-0.1, -0.05) is 0 Å². The number of aldehydes is 1. The van der Waals surface area contributed by atoms with Crippen molar-refractivity contribution in [2.75, 3.05) is 0 Å². The number of alkyl halides is 2. The third kappa shape index (κ3) is 2.27. The van der Waals surface area contributed by atoms with E-state index >= 15 is 0 Å². The number of pyridine rings is 1. The number of aromatic nitrogens is 2. The summed E-state index contributed by atoms with van der Waals surface area (Å²) in [6.07, 6.45) is 3.89. The van der Waals surface area contributed by atoms with Gasteiger partial charge in [0.05, 0.1) is 16.0 Å². The molecule has 0 fully saturated rings. The summed E-state index contributed by atoms with van der Waals surface area (Å²) < 4.78 is 31.2. The second-order valence-corrected chi connectivity index (χ2v) is 5.07. The van der Waals surface area contributed by atoms with Gasteiger partial charge < -0.3 is 4.74 Å². The van der Waals surface area contributed by atoms with Crippen molar-refractivity contribution in [2.45, 2.75) is 6.61 Å². The first-order chi connectivity index (χ1) is 9.67. The van der Waals surface area contributed by atoms with Gasteiger partial charge in [-0.25, -0.2) is 4.52 Å². The number of carbonyl (C=O) groups is 1. The fraction of sp³-hybridized carbons (Fsp3) is 0.0769. The third-order valence-corrected chi connectivity index (χ3v) is 3.77. The van der Waals surface area contributed by atoms with Gasteiger partial charge in [0.2, 0.25) is 0 Å². The number of rotatable bonds is 4. The van der Waals surface area contributed by atoms with E-state index < -0.39 is 6.61 Å². The maximum Gasteiger partial charge on any atom is 0.387 e. The zero-order chi connectivity index (χ0) is 14.1. The number of nitrogens with zero attached hydrogens (tertiary/aromatic N) is 2. The molecule has 0 radical (unpaired) electrons. The molecule has 0 saturated carbocycles. The summed E-state index contributed by atoms with van der Waals surface area (Å²) in [5, 5.41) is 4.06. The Balaban J connectivity index is 2.17. The Morgan fingerprint density at radius 2 is 2.20 bits per heavy atom. The van der Waals surface area contributed by atoms with Crippen molar-refractivity contribution in [3.05, 3.63) is 41.5 Å². The molecular weight excluding hydrogens is 286 g/mol. The Kier molecular flexibility index (Phi) is 3.19. The quantitative estimate of drug-likeness (QED) is 0.692. The topological polar surface area (TPSA) is 43.6 Å². The summed E-state index contributed by atoms with van der Waals surface area (Å²) in [6, 6.07) is 6.51. The molecule has 4 nitrogen and oxygen atoms in total. The van der Waals surface area contributed by atoms with Crippen LogP contribution in [0.3, 0.4) is 0 Å². The van der Waals surface area contributed by atoms with Gasteiger partial charge in [0.1, 0.15) is 5.75 Å². The Hall–Kier alpha value is -2.28. The summed E-state index contributed by atoms with van der Waals surface area (Å²) in [6.45, 7) is -2.91. The first-order valence-corrected chi connectivity index (χ1v) is 6.46. The highest BCUT2D eigenvalue weighted by Crippen LogP contribution is 2.36. The van der Waals surface area contributed by atoms with E-state index in [-0.39, 0.29) is 5.75 Å². The molecule has 0 bridgehead atoms. The van der Waals surface area contributed by atoms with Crippen LogP contribution in [0.2, 0.25) is 0 Å². The number of fused-ring (bicyclic) bond motifs is 1. The second-order valence-electron chi connectivity index (χ2n) is 3.95. The molecule has 20 heavy (non-hydrogen) atoms. The van der Waals surface area contributed by atoms with Crippen molar-refractivity contribution < 1.29 is 18.3 Å². The zero-order valence-corrected chi connectivity index (χ0v) is 10.8. The minimum atomic E-state index is -2.91. The predicted molar refractivity (Wildman–Crippen MR) is 70.5 cm³/mol. The monoisotopic (exact) mass is 294 g/mol. The van der Waals surface area contributed by atoms with Crippen LogP contribution >= 0.6 is 11.3 Å². The highest BCUT2D eigenvalue weighted by molar-refractivity contribution is 7.17. The number of halogens is 2. The van der Waals surface area contributed by atoms with Crippen molar-refractivity contribution in [3.8, 4) is 16.2 Å². The number of hydrogen-bond donors (Lipinski definition) is 0. The number of thiophene rings is 1. The third-order valence-electron chi connectivity index (χ3n) is 2.72. The normalized spacial score (nSPS) is 11.2. The van der Waals surface area contributed by atoms with Crippen LogP contribution in [0.15, 0.2) is 36.7 Å². The molecule has 0 atom stereocenters. The average molecular weight is 294 g/mol. The molecule has 3 aromatic heterocycles. The van der Waals surface area contributed by atoms with Gasteiger partial charge in [0.15, 0.2) is 6.29 Å². The number of ether oxygens (including phenoxy) is 1. The molecule has 0 aliphatic carbocycles. The summed E-state index contributed by atoms with van der Waals surface area (Å²) in [5.41, 5.74) is 1.12. The molecule has 0 spiro atoms. The molecule has 7 heteroatoms. The van der Waals surface area contributed by atoms with Crippen LogP contribution in [-0.4, -0.2) is 22.5 Å². The van der Waals surface area contributed by atoms with E-state index in [9.17, 15) is 13.6 Å². The summed E-state index contributed by atoms with van der Waals surface area (Å²) >= 11 is 1.20. The summed E-state index contributed by atoms with van der Waals surface area (Å²) in [4.78, 5) is 11.9. The molecule has 0 N–H and O–H groups in total. The zero-order valence-electron chi connectivity index (χ0n) is 9.99. The van der Waals surface area contributed by atoms with Gasteiger partial charge >= 0.3 is 6.61 Å². The van der Waals surface area contributed by atoms with E-state index in [1.165, 1.54) is 17.4 Å².